The summed E-state index contributed by atoms with van der Waals surface area (Å²) in [7, 11) is 0. The summed E-state index contributed by atoms with van der Waals surface area (Å²) in [6, 6.07) is 1.26. The molecule has 0 aliphatic heterocycles. The van der Waals surface area contributed by atoms with Crippen LogP contribution in [-0.2, 0) is 6.18 Å². The van der Waals surface area contributed by atoms with E-state index >= 15 is 0 Å². The first kappa shape index (κ1) is 22.1. The minimum atomic E-state index is -4.99. The molecule has 0 aliphatic carbocycles. The highest BCUT2D eigenvalue weighted by molar-refractivity contribution is 6.34. The Hall–Kier alpha value is -3.19. The lowest BCUT2D eigenvalue weighted by Crippen LogP contribution is -2.09. The summed E-state index contributed by atoms with van der Waals surface area (Å²) in [5.74, 6) is 0. The molecule has 0 aliphatic rings. The number of benzene rings is 2. The zero-order chi connectivity index (χ0) is 22.3. The quantitative estimate of drug-likeness (QED) is 0.444. The van der Waals surface area contributed by atoms with Gasteiger partial charge in [-0.15, -0.1) is 0 Å². The van der Waals surface area contributed by atoms with Crippen LogP contribution in [0, 0.1) is 37.3 Å². The molecule has 0 aromatic heterocycles. The number of nitrogens with zero attached hydrogens (tertiary/aromatic N) is 3. The number of hydrogen-bond acceptors (Lipinski definition) is 7. The molecule has 1 N–H and O–H groups in total. The van der Waals surface area contributed by atoms with E-state index in [9.17, 15) is 43.5 Å². The first-order valence-electron chi connectivity index (χ1n) is 7.19. The molecule has 0 unspecified atom stereocenters. The minimum absolute atomic E-state index is 0.166. The normalized spacial score (nSPS) is 11.2. The van der Waals surface area contributed by atoms with Crippen LogP contribution in [0.5, 0.6) is 0 Å². The zero-order valence-electron chi connectivity index (χ0n) is 13.9. The van der Waals surface area contributed by atoms with Crippen LogP contribution in [0.4, 0.5) is 41.6 Å². The number of anilines is 2. The summed E-state index contributed by atoms with van der Waals surface area (Å²) in [5, 5.41) is 34.4. The van der Waals surface area contributed by atoms with Gasteiger partial charge in [-0.25, -0.2) is 0 Å². The molecule has 0 saturated heterocycles. The maximum absolute atomic E-state index is 13.0. The van der Waals surface area contributed by atoms with Gasteiger partial charge in [0.2, 0.25) is 0 Å². The Morgan fingerprint density at radius 3 is 1.86 bits per heavy atom. The molecule has 15 heteroatoms. The number of nitro benzene ring substituents is 3. The molecule has 0 heterocycles. The van der Waals surface area contributed by atoms with Crippen LogP contribution in [0.15, 0.2) is 18.2 Å². The molecular weight excluding hydrogens is 448 g/mol. The Bertz CT molecular complexity index is 1060. The third-order valence-electron chi connectivity index (χ3n) is 3.70. The molecule has 0 atom stereocenters. The van der Waals surface area contributed by atoms with Crippen molar-refractivity contribution in [2.45, 2.75) is 13.1 Å². The average molecular weight is 455 g/mol. The highest BCUT2D eigenvalue weighted by Gasteiger charge is 2.37. The van der Waals surface area contributed by atoms with Gasteiger partial charge in [0.25, 0.3) is 17.1 Å². The van der Waals surface area contributed by atoms with E-state index in [1.54, 1.807) is 0 Å². The fourth-order valence-corrected chi connectivity index (χ4v) is 2.85. The Morgan fingerprint density at radius 2 is 1.41 bits per heavy atom. The van der Waals surface area contributed by atoms with Gasteiger partial charge >= 0.3 is 6.18 Å². The van der Waals surface area contributed by atoms with Crippen LogP contribution >= 0.6 is 23.2 Å². The smallest absolute Gasteiger partial charge is 0.344 e. The second kappa shape index (κ2) is 7.67. The third-order valence-corrected chi connectivity index (χ3v) is 4.49. The van der Waals surface area contributed by atoms with Crippen molar-refractivity contribution in [2.75, 3.05) is 5.32 Å². The van der Waals surface area contributed by atoms with Crippen molar-refractivity contribution in [3.8, 4) is 0 Å². The fourth-order valence-electron chi connectivity index (χ4n) is 2.36. The van der Waals surface area contributed by atoms with Crippen molar-refractivity contribution >= 4 is 51.6 Å². The molecule has 0 radical (unpaired) electrons. The first-order valence-corrected chi connectivity index (χ1v) is 7.95. The molecule has 0 amide bonds. The first-order chi connectivity index (χ1) is 13.3. The number of halogens is 5. The molecule has 2 rings (SSSR count). The summed E-state index contributed by atoms with van der Waals surface area (Å²) in [6.45, 7) is 1.15. The molecule has 2 aromatic rings. The Morgan fingerprint density at radius 1 is 0.897 bits per heavy atom. The van der Waals surface area contributed by atoms with Gasteiger partial charge in [-0.3, -0.25) is 30.3 Å². The summed E-state index contributed by atoms with van der Waals surface area (Å²) in [6.07, 6.45) is -4.99. The lowest BCUT2D eigenvalue weighted by Gasteiger charge is -2.14. The molecule has 0 fully saturated rings. The highest BCUT2D eigenvalue weighted by atomic mass is 35.5. The lowest BCUT2D eigenvalue weighted by molar-refractivity contribution is -0.393. The van der Waals surface area contributed by atoms with Gasteiger partial charge in [-0.2, -0.15) is 13.2 Å². The van der Waals surface area contributed by atoms with Crippen molar-refractivity contribution < 1.29 is 27.9 Å². The van der Waals surface area contributed by atoms with Crippen LogP contribution < -0.4 is 5.32 Å². The Labute approximate surface area is 168 Å². The van der Waals surface area contributed by atoms with Gasteiger partial charge in [-0.1, -0.05) is 23.2 Å². The Balaban J connectivity index is 2.76. The van der Waals surface area contributed by atoms with Gasteiger partial charge in [0, 0.05) is 11.6 Å². The molecule has 10 nitrogen and oxygen atoms in total. The fraction of sp³-hybridized carbons (Fsp3) is 0.143. The standard InChI is InChI=1S/C14H7Cl2F3N4O6/c1-5-12(16)10(22(26)27)4-11(23(28)29)13(5)20-8-3-7(15)6(14(17,18)19)2-9(8)21(24)25/h2-4,20H,1H3. The molecule has 29 heavy (non-hydrogen) atoms. The number of nitro groups is 3. The van der Waals surface area contributed by atoms with Crippen LogP contribution in [0.1, 0.15) is 11.1 Å². The van der Waals surface area contributed by atoms with E-state index in [0.717, 1.165) is 6.92 Å². The van der Waals surface area contributed by atoms with Crippen molar-refractivity contribution in [2.24, 2.45) is 0 Å². The molecule has 2 aromatic carbocycles. The third kappa shape index (κ3) is 4.30. The van der Waals surface area contributed by atoms with E-state index in [1.807, 2.05) is 0 Å². The topological polar surface area (TPSA) is 141 Å². The van der Waals surface area contributed by atoms with E-state index in [2.05, 4.69) is 5.32 Å². The van der Waals surface area contributed by atoms with Gasteiger partial charge in [-0.05, 0) is 13.0 Å². The van der Waals surface area contributed by atoms with Crippen molar-refractivity contribution in [1.82, 2.24) is 0 Å². The largest absolute Gasteiger partial charge is 0.418 e. The highest BCUT2D eigenvalue weighted by Crippen LogP contribution is 2.45. The maximum atomic E-state index is 13.0. The number of rotatable bonds is 5. The van der Waals surface area contributed by atoms with E-state index < -0.39 is 65.0 Å². The van der Waals surface area contributed by atoms with Crippen LogP contribution in [-0.4, -0.2) is 14.8 Å². The minimum Gasteiger partial charge on any atom is -0.344 e. The number of alkyl halides is 3. The summed E-state index contributed by atoms with van der Waals surface area (Å²) >= 11 is 11.4. The van der Waals surface area contributed by atoms with Crippen LogP contribution in [0.2, 0.25) is 10.0 Å². The van der Waals surface area contributed by atoms with Crippen LogP contribution in [0.3, 0.4) is 0 Å². The SMILES string of the molecule is Cc1c(Cl)c([N+](=O)[O-])cc([N+](=O)[O-])c1Nc1cc(Cl)c(C(F)(F)F)cc1[N+](=O)[O-]. The Kier molecular flexibility index (Phi) is 5.85. The molecule has 0 bridgehead atoms. The van der Waals surface area contributed by atoms with Crippen molar-refractivity contribution in [3.05, 3.63) is 69.7 Å². The van der Waals surface area contributed by atoms with Gasteiger partial charge < -0.3 is 5.32 Å². The molecule has 0 spiro atoms. The second-order valence-corrected chi connectivity index (χ2v) is 6.26. The maximum Gasteiger partial charge on any atom is 0.418 e. The monoisotopic (exact) mass is 454 g/mol. The van der Waals surface area contributed by atoms with E-state index in [4.69, 9.17) is 23.2 Å². The van der Waals surface area contributed by atoms with Gasteiger partial charge in [0.05, 0.1) is 31.4 Å². The lowest BCUT2D eigenvalue weighted by atomic mass is 10.1. The predicted molar refractivity (Wildman–Crippen MR) is 95.9 cm³/mol. The summed E-state index contributed by atoms with van der Waals surface area (Å²) in [4.78, 5) is 30.4. The predicted octanol–water partition coefficient (Wildman–Crippen LogP) is 5.79. The van der Waals surface area contributed by atoms with Crippen molar-refractivity contribution in [1.29, 1.82) is 0 Å². The average Bonchev–Trinajstić information content (AvgIpc) is 2.57. The van der Waals surface area contributed by atoms with E-state index in [0.29, 0.717) is 12.1 Å². The second-order valence-electron chi connectivity index (χ2n) is 5.47. The zero-order valence-corrected chi connectivity index (χ0v) is 15.4. The van der Waals surface area contributed by atoms with Crippen LogP contribution in [0.25, 0.3) is 0 Å². The summed E-state index contributed by atoms with van der Waals surface area (Å²) < 4.78 is 38.9. The molecule has 0 saturated carbocycles. The van der Waals surface area contributed by atoms with Gasteiger partial charge in [0.1, 0.15) is 16.4 Å². The molecular formula is C14H7Cl2F3N4O6. The molecule has 154 valence electrons. The number of hydrogen-bond donors (Lipinski definition) is 1. The number of nitrogens with one attached hydrogen (secondary N) is 1. The van der Waals surface area contributed by atoms with E-state index in [-0.39, 0.29) is 11.6 Å². The van der Waals surface area contributed by atoms with Crippen molar-refractivity contribution in [3.63, 3.8) is 0 Å². The summed E-state index contributed by atoms with van der Waals surface area (Å²) in [5.41, 5.74) is -5.54. The van der Waals surface area contributed by atoms with E-state index in [1.165, 1.54) is 0 Å². The van der Waals surface area contributed by atoms with Gasteiger partial charge in [0.15, 0.2) is 0 Å².